The van der Waals surface area contributed by atoms with Gasteiger partial charge in [-0.3, -0.25) is 4.90 Å². The van der Waals surface area contributed by atoms with E-state index in [1.807, 2.05) is 43.3 Å². The topological polar surface area (TPSA) is 47.3 Å². The van der Waals surface area contributed by atoms with Gasteiger partial charge in [-0.15, -0.1) is 0 Å². The molecular formula is C29H26F3N3O. The third kappa shape index (κ3) is 4.99. The first-order valence-electron chi connectivity index (χ1n) is 11.8. The van der Waals surface area contributed by atoms with Gasteiger partial charge in [0.15, 0.2) is 0 Å². The number of anilines is 1. The van der Waals surface area contributed by atoms with Gasteiger partial charge in [0.05, 0.1) is 22.9 Å². The second-order valence-electron chi connectivity index (χ2n) is 8.74. The molecular weight excluding hydrogens is 463 g/mol. The highest BCUT2D eigenvalue weighted by atomic mass is 19.4. The van der Waals surface area contributed by atoms with Crippen molar-refractivity contribution < 1.29 is 18.0 Å². The number of amides is 2. The molecule has 0 radical (unpaired) electrons. The second kappa shape index (κ2) is 10.3. The van der Waals surface area contributed by atoms with E-state index < -0.39 is 11.7 Å². The van der Waals surface area contributed by atoms with Crippen LogP contribution in [0.15, 0.2) is 78.5 Å². The number of allylic oxidation sites excluding steroid dienone is 1. The smallest absolute Gasteiger partial charge is 0.320 e. The fourth-order valence-corrected chi connectivity index (χ4v) is 4.44. The number of urea groups is 1. The van der Waals surface area contributed by atoms with E-state index in [1.54, 1.807) is 24.0 Å². The van der Waals surface area contributed by atoms with Gasteiger partial charge in [0.1, 0.15) is 0 Å². The zero-order valence-electron chi connectivity index (χ0n) is 20.1. The summed E-state index contributed by atoms with van der Waals surface area (Å²) in [6.45, 7) is 4.66. The quantitative estimate of drug-likeness (QED) is 0.356. The molecule has 2 amide bonds. The normalized spacial score (nSPS) is 14.3. The molecule has 0 aliphatic carbocycles. The number of hydrogen-bond donors (Lipinski definition) is 0. The van der Waals surface area contributed by atoms with E-state index in [0.29, 0.717) is 24.4 Å². The molecule has 1 aliphatic rings. The van der Waals surface area contributed by atoms with Gasteiger partial charge < -0.3 is 4.90 Å². The summed E-state index contributed by atoms with van der Waals surface area (Å²) in [4.78, 5) is 16.6. The molecule has 0 saturated heterocycles. The molecule has 36 heavy (non-hydrogen) atoms. The number of hydrogen-bond acceptors (Lipinski definition) is 2. The third-order valence-electron chi connectivity index (χ3n) is 6.37. The van der Waals surface area contributed by atoms with Gasteiger partial charge in [0, 0.05) is 18.8 Å². The molecule has 4 nitrogen and oxygen atoms in total. The summed E-state index contributed by atoms with van der Waals surface area (Å²) in [6, 6.07) is 21.7. The first-order valence-corrected chi connectivity index (χ1v) is 11.8. The van der Waals surface area contributed by atoms with Crippen LogP contribution in [0.1, 0.15) is 43.4 Å². The Balaban J connectivity index is 1.87. The Morgan fingerprint density at radius 1 is 0.972 bits per heavy atom. The minimum Gasteiger partial charge on any atom is -0.320 e. The maximum Gasteiger partial charge on any atom is 0.416 e. The van der Waals surface area contributed by atoms with Crippen molar-refractivity contribution in [2.24, 2.45) is 0 Å². The van der Waals surface area contributed by atoms with E-state index >= 15 is 0 Å². The van der Waals surface area contributed by atoms with Crippen LogP contribution >= 0.6 is 0 Å². The average Bonchev–Trinajstić information content (AvgIpc) is 2.88. The maximum atomic E-state index is 13.5. The summed E-state index contributed by atoms with van der Waals surface area (Å²) in [5.74, 6) is 0. The standard InChI is InChI=1S/C29H26F3N3O/c1-3-4-16-34-19-27(26-11-6-5-10-25(26)22-14-12-21(18-33)13-15-22)20(2)35(28(34)36)24-9-7-8-23(17-24)29(30,31)32/h5-15,17H,3-4,16,19H2,1-2H3. The molecule has 3 aromatic carbocycles. The van der Waals surface area contributed by atoms with Crippen molar-refractivity contribution in [1.29, 1.82) is 5.26 Å². The van der Waals surface area contributed by atoms with Gasteiger partial charge in [-0.1, -0.05) is 55.8 Å². The SMILES string of the molecule is CCCCN1CC(c2ccccc2-c2ccc(C#N)cc2)=C(C)N(c2cccc(C(F)(F)F)c2)C1=O. The second-order valence-corrected chi connectivity index (χ2v) is 8.74. The summed E-state index contributed by atoms with van der Waals surface area (Å²) in [6.07, 6.45) is -2.85. The van der Waals surface area contributed by atoms with Crippen molar-refractivity contribution in [1.82, 2.24) is 4.90 Å². The first-order chi connectivity index (χ1) is 17.2. The van der Waals surface area contributed by atoms with Crippen molar-refractivity contribution in [2.75, 3.05) is 18.0 Å². The summed E-state index contributed by atoms with van der Waals surface area (Å²) in [5, 5.41) is 9.15. The molecule has 0 N–H and O–H groups in total. The van der Waals surface area contributed by atoms with Crippen LogP contribution in [0.4, 0.5) is 23.7 Å². The first kappa shape index (κ1) is 25.1. The number of unbranched alkanes of at least 4 members (excludes halogenated alkanes) is 1. The van der Waals surface area contributed by atoms with E-state index in [0.717, 1.165) is 47.2 Å². The average molecular weight is 490 g/mol. The van der Waals surface area contributed by atoms with Crippen LogP contribution in [-0.2, 0) is 6.18 Å². The van der Waals surface area contributed by atoms with Crippen molar-refractivity contribution >= 4 is 17.3 Å². The van der Waals surface area contributed by atoms with E-state index in [9.17, 15) is 18.0 Å². The zero-order valence-corrected chi connectivity index (χ0v) is 20.1. The molecule has 3 aromatic rings. The Hall–Kier alpha value is -4.05. The Labute approximate surface area is 208 Å². The number of nitriles is 1. The molecule has 0 saturated carbocycles. The van der Waals surface area contributed by atoms with Crippen LogP contribution in [0.3, 0.4) is 0 Å². The van der Waals surface area contributed by atoms with Gasteiger partial charge in [-0.2, -0.15) is 18.4 Å². The highest BCUT2D eigenvalue weighted by Crippen LogP contribution is 2.38. The minimum absolute atomic E-state index is 0.182. The van der Waals surface area contributed by atoms with Crippen LogP contribution in [0.2, 0.25) is 0 Å². The van der Waals surface area contributed by atoms with E-state index in [2.05, 4.69) is 6.07 Å². The monoisotopic (exact) mass is 489 g/mol. The van der Waals surface area contributed by atoms with Crippen molar-refractivity contribution in [3.8, 4) is 17.2 Å². The lowest BCUT2D eigenvalue weighted by molar-refractivity contribution is -0.137. The molecule has 4 rings (SSSR count). The predicted octanol–water partition coefficient (Wildman–Crippen LogP) is 7.72. The fraction of sp³-hybridized carbons (Fsp3) is 0.241. The fourth-order valence-electron chi connectivity index (χ4n) is 4.44. The van der Waals surface area contributed by atoms with Gasteiger partial charge in [-0.05, 0) is 65.9 Å². The van der Waals surface area contributed by atoms with Gasteiger partial charge in [-0.25, -0.2) is 4.79 Å². The lowest BCUT2D eigenvalue weighted by Crippen LogP contribution is -2.48. The molecule has 7 heteroatoms. The molecule has 1 heterocycles. The molecule has 0 fully saturated rings. The molecule has 0 spiro atoms. The highest BCUT2D eigenvalue weighted by molar-refractivity contribution is 6.02. The van der Waals surface area contributed by atoms with Crippen LogP contribution in [0.5, 0.6) is 0 Å². The van der Waals surface area contributed by atoms with Gasteiger partial charge in [0.25, 0.3) is 0 Å². The summed E-state index contributed by atoms with van der Waals surface area (Å²) < 4.78 is 40.4. The van der Waals surface area contributed by atoms with Gasteiger partial charge in [0.2, 0.25) is 0 Å². The highest BCUT2D eigenvalue weighted by Gasteiger charge is 2.35. The van der Waals surface area contributed by atoms with Gasteiger partial charge >= 0.3 is 12.2 Å². The molecule has 1 aliphatic heterocycles. The van der Waals surface area contributed by atoms with Crippen LogP contribution in [0, 0.1) is 11.3 Å². The van der Waals surface area contributed by atoms with Crippen molar-refractivity contribution in [2.45, 2.75) is 32.9 Å². The van der Waals surface area contributed by atoms with E-state index in [-0.39, 0.29) is 11.7 Å². The molecule has 184 valence electrons. The number of nitrogens with zero attached hydrogens (tertiary/aromatic N) is 3. The molecule has 0 atom stereocenters. The van der Waals surface area contributed by atoms with Crippen molar-refractivity contribution in [3.63, 3.8) is 0 Å². The van der Waals surface area contributed by atoms with Crippen LogP contribution < -0.4 is 4.90 Å². The number of alkyl halides is 3. The minimum atomic E-state index is -4.51. The maximum absolute atomic E-state index is 13.5. The molecule has 0 unspecified atom stereocenters. The predicted molar refractivity (Wildman–Crippen MR) is 135 cm³/mol. The Morgan fingerprint density at radius 2 is 1.67 bits per heavy atom. The Morgan fingerprint density at radius 3 is 2.31 bits per heavy atom. The number of carbonyl (C=O) groups excluding carboxylic acids is 1. The number of halogens is 3. The largest absolute Gasteiger partial charge is 0.416 e. The summed E-state index contributed by atoms with van der Waals surface area (Å²) in [7, 11) is 0. The van der Waals surface area contributed by atoms with E-state index in [4.69, 9.17) is 5.26 Å². The van der Waals surface area contributed by atoms with E-state index in [1.165, 1.54) is 17.0 Å². The van der Waals surface area contributed by atoms with Crippen LogP contribution in [-0.4, -0.2) is 24.0 Å². The summed E-state index contributed by atoms with van der Waals surface area (Å²) >= 11 is 0. The zero-order chi connectivity index (χ0) is 25.9. The summed E-state index contributed by atoms with van der Waals surface area (Å²) in [5.41, 5.74) is 4.11. The third-order valence-corrected chi connectivity index (χ3v) is 6.37. The number of carbonyl (C=O) groups is 1. The number of benzene rings is 3. The van der Waals surface area contributed by atoms with Crippen LogP contribution in [0.25, 0.3) is 16.7 Å². The molecule has 0 bridgehead atoms. The Kier molecular flexibility index (Phi) is 7.16. The lowest BCUT2D eigenvalue weighted by Gasteiger charge is -2.38. The lowest BCUT2D eigenvalue weighted by atomic mass is 9.91. The van der Waals surface area contributed by atoms with Crippen molar-refractivity contribution in [3.05, 3.63) is 95.2 Å². The Bertz CT molecular complexity index is 1340. The number of rotatable bonds is 6. The molecule has 0 aromatic heterocycles.